The molecule has 2 unspecified atom stereocenters. The summed E-state index contributed by atoms with van der Waals surface area (Å²) < 4.78 is 11.2. The Balaban J connectivity index is 2.64. The number of hydrogen-bond acceptors (Lipinski definition) is 3. The van der Waals surface area contributed by atoms with E-state index >= 15 is 0 Å². The van der Waals surface area contributed by atoms with Crippen LogP contribution < -0.4 is 0 Å². The highest BCUT2D eigenvalue weighted by atomic mass is 16.5. The second-order valence-corrected chi connectivity index (χ2v) is 4.51. The lowest BCUT2D eigenvalue weighted by Crippen LogP contribution is -2.43. The molecule has 0 radical (unpaired) electrons. The number of allylic oxidation sites excluding steroid dienone is 2. The molecule has 3 heteroatoms. The minimum Gasteiger partial charge on any atom is -0.498 e. The number of methoxy groups -OCH3 is 2. The van der Waals surface area contributed by atoms with Gasteiger partial charge in [-0.2, -0.15) is 0 Å². The largest absolute Gasteiger partial charge is 0.498 e. The number of benzene rings is 1. The fraction of sp³-hybridized carbons (Fsp3) is 0.312. The molecule has 0 bridgehead atoms. The van der Waals surface area contributed by atoms with Gasteiger partial charge >= 0.3 is 0 Å². The van der Waals surface area contributed by atoms with Gasteiger partial charge in [0, 0.05) is 7.11 Å². The first-order chi connectivity index (χ1) is 9.16. The molecule has 0 spiro atoms. The summed E-state index contributed by atoms with van der Waals surface area (Å²) in [6, 6.07) is 9.69. The molecule has 1 aliphatic rings. The number of ketones is 1. The number of hydrogen-bond donors (Lipinski definition) is 0. The van der Waals surface area contributed by atoms with E-state index in [0.29, 0.717) is 5.76 Å². The summed E-state index contributed by atoms with van der Waals surface area (Å²) in [6.07, 6.45) is 5.54. The van der Waals surface area contributed by atoms with Crippen LogP contribution in [0.1, 0.15) is 12.5 Å². The van der Waals surface area contributed by atoms with Crippen molar-refractivity contribution in [2.75, 3.05) is 14.2 Å². The van der Waals surface area contributed by atoms with Crippen LogP contribution in [-0.2, 0) is 19.9 Å². The molecule has 0 saturated heterocycles. The van der Waals surface area contributed by atoms with Crippen molar-refractivity contribution in [1.82, 2.24) is 0 Å². The van der Waals surface area contributed by atoms with Gasteiger partial charge < -0.3 is 9.47 Å². The lowest BCUT2D eigenvalue weighted by Gasteiger charge is -2.40. The maximum atomic E-state index is 12.0. The van der Waals surface area contributed by atoms with Gasteiger partial charge in [0.05, 0.1) is 13.0 Å². The Bertz CT molecular complexity index is 516. The highest BCUT2D eigenvalue weighted by Crippen LogP contribution is 2.43. The minimum atomic E-state index is -0.878. The summed E-state index contributed by atoms with van der Waals surface area (Å²) in [7, 11) is 3.20. The first-order valence-corrected chi connectivity index (χ1v) is 6.21. The number of carbonyl (C=O) groups is 1. The summed E-state index contributed by atoms with van der Waals surface area (Å²) in [6.45, 7) is 1.57. The third-order valence-electron chi connectivity index (χ3n) is 3.54. The van der Waals surface area contributed by atoms with Gasteiger partial charge in [-0.25, -0.2) is 0 Å². The van der Waals surface area contributed by atoms with Gasteiger partial charge in [-0.05, 0) is 18.6 Å². The molecule has 2 rings (SSSR count). The van der Waals surface area contributed by atoms with Gasteiger partial charge in [0.2, 0.25) is 0 Å². The molecule has 1 aromatic rings. The van der Waals surface area contributed by atoms with E-state index in [2.05, 4.69) is 0 Å². The van der Waals surface area contributed by atoms with E-state index in [1.54, 1.807) is 21.1 Å². The van der Waals surface area contributed by atoms with Gasteiger partial charge in [0.1, 0.15) is 11.5 Å². The number of carbonyl (C=O) groups excluding carboxylic acids is 1. The molecular formula is C16H18O3. The van der Waals surface area contributed by atoms with Gasteiger partial charge in [-0.15, -0.1) is 0 Å². The molecule has 0 aromatic heterocycles. The van der Waals surface area contributed by atoms with Crippen molar-refractivity contribution in [3.8, 4) is 0 Å². The van der Waals surface area contributed by atoms with E-state index in [9.17, 15) is 4.79 Å². The first kappa shape index (κ1) is 13.6. The van der Waals surface area contributed by atoms with Crippen molar-refractivity contribution < 1.29 is 14.3 Å². The van der Waals surface area contributed by atoms with Crippen molar-refractivity contribution >= 4 is 5.78 Å². The Hall–Kier alpha value is -1.87. The summed E-state index contributed by atoms with van der Waals surface area (Å²) in [5, 5.41) is 0. The van der Waals surface area contributed by atoms with Crippen molar-refractivity contribution in [1.29, 1.82) is 0 Å². The SMILES string of the molecule is COC1=CC=CC(C(C)=O)C1(OC)c1ccccc1. The van der Waals surface area contributed by atoms with Gasteiger partial charge in [0.15, 0.2) is 5.60 Å². The second-order valence-electron chi connectivity index (χ2n) is 4.51. The van der Waals surface area contributed by atoms with Crippen LogP contribution in [0.25, 0.3) is 0 Å². The van der Waals surface area contributed by atoms with Crippen LogP contribution in [0.15, 0.2) is 54.3 Å². The van der Waals surface area contributed by atoms with Gasteiger partial charge in [0.25, 0.3) is 0 Å². The molecule has 3 nitrogen and oxygen atoms in total. The van der Waals surface area contributed by atoms with Crippen LogP contribution >= 0.6 is 0 Å². The van der Waals surface area contributed by atoms with Crippen molar-refractivity contribution in [2.45, 2.75) is 12.5 Å². The quantitative estimate of drug-likeness (QED) is 0.833. The zero-order valence-electron chi connectivity index (χ0n) is 11.4. The van der Waals surface area contributed by atoms with Gasteiger partial charge in [-0.3, -0.25) is 4.79 Å². The molecule has 19 heavy (non-hydrogen) atoms. The zero-order valence-corrected chi connectivity index (χ0v) is 11.4. The molecule has 0 aliphatic heterocycles. The summed E-state index contributed by atoms with van der Waals surface area (Å²) >= 11 is 0. The normalized spacial score (nSPS) is 25.8. The molecule has 0 fully saturated rings. The van der Waals surface area contributed by atoms with Crippen LogP contribution in [0.3, 0.4) is 0 Å². The molecule has 1 aromatic carbocycles. The topological polar surface area (TPSA) is 35.5 Å². The molecule has 0 amide bonds. The summed E-state index contributed by atoms with van der Waals surface area (Å²) in [5.41, 5.74) is 0.0338. The fourth-order valence-electron chi connectivity index (χ4n) is 2.66. The average molecular weight is 258 g/mol. The maximum Gasteiger partial charge on any atom is 0.162 e. The van der Waals surface area contributed by atoms with E-state index in [4.69, 9.17) is 9.47 Å². The van der Waals surface area contributed by atoms with Crippen LogP contribution in [-0.4, -0.2) is 20.0 Å². The smallest absolute Gasteiger partial charge is 0.162 e. The predicted molar refractivity (Wildman–Crippen MR) is 73.5 cm³/mol. The molecule has 0 N–H and O–H groups in total. The molecular weight excluding hydrogens is 240 g/mol. The summed E-state index contributed by atoms with van der Waals surface area (Å²) in [4.78, 5) is 12.0. The Morgan fingerprint density at radius 1 is 1.21 bits per heavy atom. The Kier molecular flexibility index (Phi) is 3.86. The maximum absolute atomic E-state index is 12.0. The first-order valence-electron chi connectivity index (χ1n) is 6.21. The standard InChI is InChI=1S/C16H18O3/c1-12(17)14-10-7-11-15(18-2)16(14,19-3)13-8-5-4-6-9-13/h4-11,14H,1-3H3. The van der Waals surface area contributed by atoms with Crippen LogP contribution in [0.5, 0.6) is 0 Å². The third kappa shape index (κ3) is 2.10. The van der Waals surface area contributed by atoms with E-state index in [-0.39, 0.29) is 11.7 Å². The lowest BCUT2D eigenvalue weighted by molar-refractivity contribution is -0.131. The fourth-order valence-corrected chi connectivity index (χ4v) is 2.66. The molecule has 2 atom stereocenters. The third-order valence-corrected chi connectivity index (χ3v) is 3.54. The van der Waals surface area contributed by atoms with Gasteiger partial charge in [-0.1, -0.05) is 42.5 Å². The minimum absolute atomic E-state index is 0.0459. The molecule has 0 saturated carbocycles. The second kappa shape index (κ2) is 5.41. The van der Waals surface area contributed by atoms with E-state index < -0.39 is 5.60 Å². The van der Waals surface area contributed by atoms with Crippen molar-refractivity contribution in [2.24, 2.45) is 5.92 Å². The molecule has 100 valence electrons. The Morgan fingerprint density at radius 2 is 1.89 bits per heavy atom. The summed E-state index contributed by atoms with van der Waals surface area (Å²) in [5.74, 6) is 0.299. The van der Waals surface area contributed by atoms with Crippen LogP contribution in [0, 0.1) is 5.92 Å². The number of ether oxygens (including phenoxy) is 2. The van der Waals surface area contributed by atoms with E-state index in [1.807, 2.05) is 48.6 Å². The van der Waals surface area contributed by atoms with E-state index in [1.165, 1.54) is 0 Å². The highest BCUT2D eigenvalue weighted by molar-refractivity contribution is 5.83. The highest BCUT2D eigenvalue weighted by Gasteiger charge is 2.47. The Morgan fingerprint density at radius 3 is 2.42 bits per heavy atom. The molecule has 0 heterocycles. The van der Waals surface area contributed by atoms with E-state index in [0.717, 1.165) is 5.56 Å². The number of Topliss-reactive ketones (excluding diaryl/α,β-unsaturated/α-hetero) is 1. The Labute approximate surface area is 113 Å². The monoisotopic (exact) mass is 258 g/mol. The predicted octanol–water partition coefficient (Wildman–Crippen LogP) is 2.83. The van der Waals surface area contributed by atoms with Crippen molar-refractivity contribution in [3.63, 3.8) is 0 Å². The average Bonchev–Trinajstić information content (AvgIpc) is 2.46. The molecule has 1 aliphatic carbocycles. The van der Waals surface area contributed by atoms with Crippen LogP contribution in [0.4, 0.5) is 0 Å². The zero-order chi connectivity index (χ0) is 13.9. The van der Waals surface area contributed by atoms with Crippen molar-refractivity contribution in [3.05, 3.63) is 59.9 Å². The number of rotatable bonds is 4. The van der Waals surface area contributed by atoms with Crippen LogP contribution in [0.2, 0.25) is 0 Å². The lowest BCUT2D eigenvalue weighted by atomic mass is 9.75.